The van der Waals surface area contributed by atoms with Crippen LogP contribution < -0.4 is 0 Å². The summed E-state index contributed by atoms with van der Waals surface area (Å²) in [6, 6.07) is 4.36. The summed E-state index contributed by atoms with van der Waals surface area (Å²) >= 11 is 0. The minimum Gasteiger partial charge on any atom is -0.475 e. The van der Waals surface area contributed by atoms with Crippen LogP contribution in [0.1, 0.15) is 39.0 Å². The fourth-order valence-corrected chi connectivity index (χ4v) is 2.41. The van der Waals surface area contributed by atoms with Crippen LogP contribution in [0.4, 0.5) is 0 Å². The Hall–Kier alpha value is -1.91. The lowest BCUT2D eigenvalue weighted by Crippen LogP contribution is -2.13. The molecule has 0 fully saturated rings. The fourth-order valence-electron chi connectivity index (χ4n) is 2.41. The van der Waals surface area contributed by atoms with E-state index in [0.29, 0.717) is 36.8 Å². The zero-order valence-electron chi connectivity index (χ0n) is 13.6. The Morgan fingerprint density at radius 1 is 0.909 bits per heavy atom. The van der Waals surface area contributed by atoms with E-state index in [9.17, 15) is 0 Å². The van der Waals surface area contributed by atoms with Crippen molar-refractivity contribution >= 4 is 11.8 Å². The second-order valence-electron chi connectivity index (χ2n) is 6.55. The molecule has 2 aliphatic rings. The third-order valence-corrected chi connectivity index (χ3v) is 4.12. The summed E-state index contributed by atoms with van der Waals surface area (Å²) in [6.07, 6.45) is 1.78. The number of hydrogen-bond donors (Lipinski definition) is 0. The molecule has 0 bridgehead atoms. The van der Waals surface area contributed by atoms with Gasteiger partial charge in [0.05, 0.1) is 17.6 Å². The first-order chi connectivity index (χ1) is 10.5. The van der Waals surface area contributed by atoms with E-state index in [4.69, 9.17) is 9.47 Å². The van der Waals surface area contributed by atoms with Gasteiger partial charge in [0.15, 0.2) is 0 Å². The number of aliphatic imine (C=N–C) groups is 2. The Morgan fingerprint density at radius 2 is 1.50 bits per heavy atom. The van der Waals surface area contributed by atoms with Crippen LogP contribution in [-0.2, 0) is 9.47 Å². The fraction of sp³-hybridized carbons (Fsp3) is 0.588. The quantitative estimate of drug-likeness (QED) is 0.859. The van der Waals surface area contributed by atoms with Gasteiger partial charge in [-0.25, -0.2) is 9.98 Å². The van der Waals surface area contributed by atoms with E-state index >= 15 is 0 Å². The van der Waals surface area contributed by atoms with Crippen LogP contribution in [0.15, 0.2) is 28.3 Å². The van der Waals surface area contributed by atoms with E-state index in [1.54, 1.807) is 6.20 Å². The van der Waals surface area contributed by atoms with Crippen LogP contribution in [0, 0.1) is 11.8 Å². The standard InChI is InChI=1S/C17H23N3O2/c1-10(2)14-8-21-16(19-14)12-5-6-13(18-7-12)17-20-15(9-22-17)11(3)4/h5-7,10-11,14-15H,8-9H2,1-4H3/t14-,15-/m0/s1. The highest BCUT2D eigenvalue weighted by atomic mass is 16.5. The predicted octanol–water partition coefficient (Wildman–Crippen LogP) is 2.68. The molecule has 0 unspecified atom stereocenters. The van der Waals surface area contributed by atoms with Crippen molar-refractivity contribution in [2.24, 2.45) is 21.8 Å². The van der Waals surface area contributed by atoms with E-state index in [-0.39, 0.29) is 12.1 Å². The van der Waals surface area contributed by atoms with Gasteiger partial charge in [0.25, 0.3) is 0 Å². The van der Waals surface area contributed by atoms with Crippen molar-refractivity contribution in [1.29, 1.82) is 0 Å². The average Bonchev–Trinajstić information content (AvgIpc) is 3.17. The van der Waals surface area contributed by atoms with E-state index < -0.39 is 0 Å². The largest absolute Gasteiger partial charge is 0.475 e. The molecule has 3 rings (SSSR count). The lowest BCUT2D eigenvalue weighted by atomic mass is 10.1. The van der Waals surface area contributed by atoms with E-state index in [2.05, 4.69) is 42.7 Å². The van der Waals surface area contributed by atoms with E-state index in [1.807, 2.05) is 12.1 Å². The highest BCUT2D eigenvalue weighted by Crippen LogP contribution is 2.19. The van der Waals surface area contributed by atoms with Gasteiger partial charge in [0.1, 0.15) is 18.9 Å². The molecule has 5 heteroatoms. The topological polar surface area (TPSA) is 56.1 Å². The first-order valence-corrected chi connectivity index (χ1v) is 7.92. The minimum absolute atomic E-state index is 0.228. The van der Waals surface area contributed by atoms with E-state index in [0.717, 1.165) is 11.3 Å². The van der Waals surface area contributed by atoms with E-state index in [1.165, 1.54) is 0 Å². The Balaban J connectivity index is 1.74. The third-order valence-electron chi connectivity index (χ3n) is 4.12. The van der Waals surface area contributed by atoms with Gasteiger partial charge in [-0.3, -0.25) is 4.98 Å². The summed E-state index contributed by atoms with van der Waals surface area (Å²) in [5.74, 6) is 2.29. The molecule has 0 saturated heterocycles. The van der Waals surface area contributed by atoms with Gasteiger partial charge in [-0.15, -0.1) is 0 Å². The average molecular weight is 301 g/mol. The van der Waals surface area contributed by atoms with Gasteiger partial charge in [0.2, 0.25) is 11.8 Å². The van der Waals surface area contributed by atoms with Crippen LogP contribution >= 0.6 is 0 Å². The van der Waals surface area contributed by atoms with Crippen molar-refractivity contribution < 1.29 is 9.47 Å². The number of hydrogen-bond acceptors (Lipinski definition) is 5. The number of rotatable bonds is 4. The maximum absolute atomic E-state index is 5.68. The maximum atomic E-state index is 5.68. The third kappa shape index (κ3) is 2.98. The predicted molar refractivity (Wildman–Crippen MR) is 86.5 cm³/mol. The molecule has 0 saturated carbocycles. The number of ether oxygens (including phenoxy) is 2. The summed E-state index contributed by atoms with van der Waals surface area (Å²) < 4.78 is 11.3. The van der Waals surface area contributed by atoms with Crippen molar-refractivity contribution in [2.45, 2.75) is 39.8 Å². The van der Waals surface area contributed by atoms with Gasteiger partial charge in [0, 0.05) is 6.20 Å². The molecular formula is C17H23N3O2. The molecule has 0 aromatic carbocycles. The van der Waals surface area contributed by atoms with Crippen LogP contribution in [0.5, 0.6) is 0 Å². The molecule has 2 aliphatic heterocycles. The lowest BCUT2D eigenvalue weighted by molar-refractivity contribution is 0.291. The molecule has 22 heavy (non-hydrogen) atoms. The first kappa shape index (κ1) is 15.0. The summed E-state index contributed by atoms with van der Waals surface area (Å²) in [7, 11) is 0. The molecule has 0 aliphatic carbocycles. The molecule has 1 aromatic rings. The first-order valence-electron chi connectivity index (χ1n) is 7.92. The number of aromatic nitrogens is 1. The Kier molecular flexibility index (Phi) is 4.14. The normalized spacial score (nSPS) is 24.3. The highest BCUT2D eigenvalue weighted by molar-refractivity contribution is 5.97. The maximum Gasteiger partial charge on any atom is 0.235 e. The van der Waals surface area contributed by atoms with Gasteiger partial charge in [-0.2, -0.15) is 0 Å². The monoisotopic (exact) mass is 301 g/mol. The van der Waals surface area contributed by atoms with Crippen molar-refractivity contribution in [3.63, 3.8) is 0 Å². The highest BCUT2D eigenvalue weighted by Gasteiger charge is 2.25. The molecule has 2 atom stereocenters. The van der Waals surface area contributed by atoms with Crippen LogP contribution in [0.2, 0.25) is 0 Å². The smallest absolute Gasteiger partial charge is 0.235 e. The van der Waals surface area contributed by atoms with Crippen LogP contribution in [-0.4, -0.2) is 42.1 Å². The summed E-state index contributed by atoms with van der Waals surface area (Å²) in [4.78, 5) is 13.7. The molecule has 0 spiro atoms. The van der Waals surface area contributed by atoms with Crippen molar-refractivity contribution in [1.82, 2.24) is 4.98 Å². The van der Waals surface area contributed by atoms with Gasteiger partial charge >= 0.3 is 0 Å². The van der Waals surface area contributed by atoms with Crippen molar-refractivity contribution in [3.05, 3.63) is 29.6 Å². The summed E-state index contributed by atoms with van der Waals surface area (Å²) in [5, 5.41) is 0. The SMILES string of the molecule is CC(C)[C@@H]1COC(c2ccc(C3=N[C@H](C(C)C)CO3)nc2)=N1. The van der Waals surface area contributed by atoms with Crippen LogP contribution in [0.3, 0.4) is 0 Å². The molecule has 3 heterocycles. The van der Waals surface area contributed by atoms with Crippen molar-refractivity contribution in [3.8, 4) is 0 Å². The zero-order chi connectivity index (χ0) is 15.7. The summed E-state index contributed by atoms with van der Waals surface area (Å²) in [6.45, 7) is 9.91. The van der Waals surface area contributed by atoms with Crippen molar-refractivity contribution in [2.75, 3.05) is 13.2 Å². The molecule has 0 N–H and O–H groups in total. The molecule has 1 aromatic heterocycles. The van der Waals surface area contributed by atoms with Gasteiger partial charge < -0.3 is 9.47 Å². The minimum atomic E-state index is 0.228. The Morgan fingerprint density at radius 3 is 2.00 bits per heavy atom. The molecule has 5 nitrogen and oxygen atoms in total. The second kappa shape index (κ2) is 6.07. The Labute approximate surface area is 131 Å². The number of nitrogens with zero attached hydrogens (tertiary/aromatic N) is 3. The number of pyridine rings is 1. The van der Waals surface area contributed by atoms with Crippen LogP contribution in [0.25, 0.3) is 0 Å². The molecular weight excluding hydrogens is 278 g/mol. The second-order valence-corrected chi connectivity index (χ2v) is 6.55. The zero-order valence-corrected chi connectivity index (χ0v) is 13.6. The molecule has 0 amide bonds. The molecule has 0 radical (unpaired) electrons. The van der Waals surface area contributed by atoms with Gasteiger partial charge in [-0.1, -0.05) is 27.7 Å². The Bertz CT molecular complexity index is 537. The molecule has 118 valence electrons. The van der Waals surface area contributed by atoms with Gasteiger partial charge in [-0.05, 0) is 24.0 Å². The lowest BCUT2D eigenvalue weighted by Gasteiger charge is -2.06. The summed E-state index contributed by atoms with van der Waals surface area (Å²) in [5.41, 5.74) is 1.68.